The van der Waals surface area contributed by atoms with Gasteiger partial charge in [0.05, 0.1) is 19.1 Å². The molecule has 64 heavy (non-hydrogen) atoms. The van der Waals surface area contributed by atoms with Crippen molar-refractivity contribution in [3.05, 3.63) is 0 Å². The molecule has 8 amide bonds. The van der Waals surface area contributed by atoms with E-state index in [9.17, 15) is 48.3 Å². The lowest BCUT2D eigenvalue weighted by Crippen LogP contribution is -2.60. The van der Waals surface area contributed by atoms with Crippen molar-refractivity contribution in [2.75, 3.05) is 13.1 Å². The highest BCUT2D eigenvalue weighted by molar-refractivity contribution is 5.97. The first-order chi connectivity index (χ1) is 29.6. The van der Waals surface area contributed by atoms with E-state index >= 15 is 0 Å². The van der Waals surface area contributed by atoms with Gasteiger partial charge in [-0.05, 0) is 67.1 Å². The van der Waals surface area contributed by atoms with Crippen molar-refractivity contribution in [1.29, 1.82) is 0 Å². The number of rotatable bonds is 30. The minimum absolute atomic E-state index is 0.0200. The summed E-state index contributed by atoms with van der Waals surface area (Å²) in [5.41, 5.74) is 6.01. The summed E-state index contributed by atoms with van der Waals surface area (Å²) in [6.45, 7) is 24.5. The summed E-state index contributed by atoms with van der Waals surface area (Å²) in [6, 6.07) is -7.33. The van der Waals surface area contributed by atoms with Gasteiger partial charge in [-0.2, -0.15) is 0 Å². The van der Waals surface area contributed by atoms with Gasteiger partial charge >= 0.3 is 5.97 Å². The number of carboxylic acid groups (broad SMARTS) is 1. The zero-order valence-electron chi connectivity index (χ0n) is 40.9. The molecule has 0 saturated carbocycles. The van der Waals surface area contributed by atoms with Gasteiger partial charge in [0.25, 0.3) is 0 Å². The summed E-state index contributed by atoms with van der Waals surface area (Å²) >= 11 is 0. The molecule has 0 rings (SSSR count). The molecule has 0 aliphatic heterocycles. The molecule has 9 atom stereocenters. The zero-order chi connectivity index (χ0) is 49.6. The van der Waals surface area contributed by atoms with E-state index < -0.39 is 120 Å². The summed E-state index contributed by atoms with van der Waals surface area (Å²) in [4.78, 5) is 118. The molecule has 0 heterocycles. The number of carbonyl (C=O) groups is 9. The first kappa shape index (κ1) is 59.2. The van der Waals surface area contributed by atoms with Gasteiger partial charge in [0, 0.05) is 0 Å². The Morgan fingerprint density at radius 2 is 0.781 bits per heavy atom. The zero-order valence-corrected chi connectivity index (χ0v) is 40.9. The molecule has 19 nitrogen and oxygen atoms in total. The molecule has 0 saturated heterocycles. The molecule has 368 valence electrons. The third-order valence-corrected chi connectivity index (χ3v) is 10.8. The van der Waals surface area contributed by atoms with Crippen molar-refractivity contribution < 1.29 is 48.3 Å². The molecule has 0 radical (unpaired) electrons. The quantitative estimate of drug-likeness (QED) is 0.0493. The molecule has 0 spiro atoms. The SMILES string of the molecule is CC[C@H](C)[C@H](NC(=O)CNC(=O)[C@H](CC(C)C)NC(=O)[C@@H](N)CC(C)C)C(=O)NCC(=O)N[C@H](C(=O)N[C@@H](CC(C)C)C(=O)N[C@H](C(=O)N[C@@H](CC(C)C)C(=O)O)C(C)C)[C@@H](C)CC. The van der Waals surface area contributed by atoms with Gasteiger partial charge in [-0.1, -0.05) is 110 Å². The van der Waals surface area contributed by atoms with E-state index in [2.05, 4.69) is 42.5 Å². The van der Waals surface area contributed by atoms with Gasteiger partial charge in [-0.15, -0.1) is 0 Å². The van der Waals surface area contributed by atoms with Gasteiger partial charge in [0.2, 0.25) is 47.3 Å². The number of hydrogen-bond donors (Lipinski definition) is 10. The molecule has 0 unspecified atom stereocenters. The lowest BCUT2D eigenvalue weighted by molar-refractivity contribution is -0.143. The Kier molecular flexibility index (Phi) is 27.4. The van der Waals surface area contributed by atoms with Crippen molar-refractivity contribution in [3.63, 3.8) is 0 Å². The average molecular weight is 910 g/mol. The number of carbonyl (C=O) groups excluding carboxylic acids is 8. The van der Waals surface area contributed by atoms with E-state index in [1.165, 1.54) is 0 Å². The normalized spacial score (nSPS) is 15.8. The second kappa shape index (κ2) is 29.6. The maximum Gasteiger partial charge on any atom is 0.326 e. The van der Waals surface area contributed by atoms with Crippen LogP contribution in [0.5, 0.6) is 0 Å². The monoisotopic (exact) mass is 910 g/mol. The van der Waals surface area contributed by atoms with Crippen LogP contribution in [0.4, 0.5) is 0 Å². The summed E-state index contributed by atoms with van der Waals surface area (Å²) < 4.78 is 0. The number of amides is 8. The minimum Gasteiger partial charge on any atom is -0.480 e. The Morgan fingerprint density at radius 1 is 0.422 bits per heavy atom. The number of hydrogen-bond acceptors (Lipinski definition) is 10. The average Bonchev–Trinajstić information content (AvgIpc) is 3.19. The number of carboxylic acids is 1. The van der Waals surface area contributed by atoms with Crippen molar-refractivity contribution >= 4 is 53.2 Å². The number of nitrogens with one attached hydrogen (secondary N) is 8. The third-order valence-electron chi connectivity index (χ3n) is 10.8. The lowest BCUT2D eigenvalue weighted by atomic mass is 9.96. The molecule has 19 heteroatoms. The van der Waals surface area contributed by atoms with E-state index in [0.717, 1.165) is 0 Å². The molecule has 0 aromatic rings. The highest BCUT2D eigenvalue weighted by atomic mass is 16.4. The fourth-order valence-electron chi connectivity index (χ4n) is 6.72. The highest BCUT2D eigenvalue weighted by Crippen LogP contribution is 2.14. The van der Waals surface area contributed by atoms with Crippen LogP contribution >= 0.6 is 0 Å². The smallest absolute Gasteiger partial charge is 0.326 e. The minimum atomic E-state index is -1.20. The third kappa shape index (κ3) is 22.7. The van der Waals surface area contributed by atoms with E-state index in [-0.39, 0.29) is 42.4 Å². The Bertz CT molecular complexity index is 1550. The van der Waals surface area contributed by atoms with Gasteiger partial charge in [-0.3, -0.25) is 38.4 Å². The number of nitrogens with two attached hydrogens (primary N) is 1. The molecule has 0 aromatic carbocycles. The van der Waals surface area contributed by atoms with Crippen LogP contribution < -0.4 is 48.3 Å². The standard InChI is InChI=1S/C45H83N9O10/c1-15-28(13)37(52-34(55)21-47-40(58)31(18-24(5)6)49-39(57)30(46)17-23(3)4)42(60)48-22-35(56)53-38(29(14)16-2)44(62)50-32(19-25(7)8)41(59)54-36(27(11)12)43(61)51-33(45(63)64)20-26(9)10/h23-33,36-38H,15-22,46H2,1-14H3,(H,47,58)(H,48,60)(H,49,57)(H,50,62)(H,51,61)(H,52,55)(H,53,56)(H,54,59)(H,63,64)/t28-,29-,30-,31-,32-,33-,36-,37-,38-/m0/s1. The predicted octanol–water partition coefficient (Wildman–Crippen LogP) is 1.47. The van der Waals surface area contributed by atoms with Crippen LogP contribution in [-0.4, -0.2) is 114 Å². The Morgan fingerprint density at radius 3 is 1.19 bits per heavy atom. The first-order valence-electron chi connectivity index (χ1n) is 23.0. The van der Waals surface area contributed by atoms with Gasteiger partial charge < -0.3 is 53.4 Å². The Labute approximate surface area is 381 Å². The van der Waals surface area contributed by atoms with Crippen molar-refractivity contribution in [2.24, 2.45) is 47.2 Å². The molecular formula is C45H83N9O10. The van der Waals surface area contributed by atoms with Crippen molar-refractivity contribution in [2.45, 2.75) is 178 Å². The van der Waals surface area contributed by atoms with E-state index in [4.69, 9.17) is 5.73 Å². The van der Waals surface area contributed by atoms with E-state index in [1.807, 2.05) is 69.2 Å². The topological polar surface area (TPSA) is 296 Å². The Balaban J connectivity index is 5.86. The van der Waals surface area contributed by atoms with Crippen LogP contribution in [0, 0.1) is 41.4 Å². The van der Waals surface area contributed by atoms with Crippen LogP contribution in [0.1, 0.15) is 135 Å². The van der Waals surface area contributed by atoms with Gasteiger partial charge in [0.1, 0.15) is 36.3 Å². The van der Waals surface area contributed by atoms with Crippen molar-refractivity contribution in [1.82, 2.24) is 42.5 Å². The number of aliphatic carboxylic acids is 1. The summed E-state index contributed by atoms with van der Waals surface area (Å²) in [5, 5.41) is 30.7. The van der Waals surface area contributed by atoms with Crippen LogP contribution in [0.3, 0.4) is 0 Å². The first-order valence-corrected chi connectivity index (χ1v) is 23.0. The predicted molar refractivity (Wildman–Crippen MR) is 245 cm³/mol. The van der Waals surface area contributed by atoms with Crippen LogP contribution in [0.25, 0.3) is 0 Å². The maximum absolute atomic E-state index is 13.8. The fourth-order valence-corrected chi connectivity index (χ4v) is 6.72. The highest BCUT2D eigenvalue weighted by Gasteiger charge is 2.35. The summed E-state index contributed by atoms with van der Waals surface area (Å²) in [5.74, 6) is -7.44. The molecule has 0 bridgehead atoms. The molecule has 0 aromatic heterocycles. The molecular weight excluding hydrogens is 827 g/mol. The van der Waals surface area contributed by atoms with Gasteiger partial charge in [-0.25, -0.2) is 4.79 Å². The van der Waals surface area contributed by atoms with E-state index in [1.54, 1.807) is 27.7 Å². The lowest BCUT2D eigenvalue weighted by Gasteiger charge is -2.29. The van der Waals surface area contributed by atoms with Crippen molar-refractivity contribution in [3.8, 4) is 0 Å². The maximum atomic E-state index is 13.8. The summed E-state index contributed by atoms with van der Waals surface area (Å²) in [7, 11) is 0. The van der Waals surface area contributed by atoms with Crippen LogP contribution in [0.15, 0.2) is 0 Å². The largest absolute Gasteiger partial charge is 0.480 e. The molecule has 0 fully saturated rings. The van der Waals surface area contributed by atoms with E-state index in [0.29, 0.717) is 25.7 Å². The molecule has 0 aliphatic rings. The second-order valence-electron chi connectivity index (χ2n) is 19.2. The van der Waals surface area contributed by atoms with Gasteiger partial charge in [0.15, 0.2) is 0 Å². The van der Waals surface area contributed by atoms with Crippen LogP contribution in [0.2, 0.25) is 0 Å². The fraction of sp³-hybridized carbons (Fsp3) is 0.800. The molecule has 11 N–H and O–H groups in total. The second-order valence-corrected chi connectivity index (χ2v) is 19.2. The summed E-state index contributed by atoms with van der Waals surface area (Å²) in [6.07, 6.45) is 2.03. The van der Waals surface area contributed by atoms with Crippen LogP contribution in [-0.2, 0) is 43.2 Å². The Hall–Kier alpha value is -4.81. The molecule has 0 aliphatic carbocycles.